The van der Waals surface area contributed by atoms with Crippen LogP contribution in [0, 0.1) is 6.92 Å². The summed E-state index contributed by atoms with van der Waals surface area (Å²) in [6.07, 6.45) is 6.67. The molecule has 5 nitrogen and oxygen atoms in total. The third-order valence-corrected chi connectivity index (χ3v) is 3.33. The van der Waals surface area contributed by atoms with E-state index < -0.39 is 0 Å². The summed E-state index contributed by atoms with van der Waals surface area (Å²) in [5, 5.41) is 6.65. The Balaban J connectivity index is 1.77. The Labute approximate surface area is 132 Å². The molecule has 0 unspecified atom stereocenters. The highest BCUT2D eigenvalue weighted by Gasteiger charge is 1.98. The van der Waals surface area contributed by atoms with E-state index in [1.54, 1.807) is 6.20 Å². The van der Waals surface area contributed by atoms with Crippen LogP contribution >= 0.6 is 0 Å². The summed E-state index contributed by atoms with van der Waals surface area (Å²) in [5.74, 6) is 0.869. The average molecular weight is 299 g/mol. The fraction of sp³-hybridized carbons (Fsp3) is 0.412. The molecule has 0 fully saturated rings. The van der Waals surface area contributed by atoms with Gasteiger partial charge in [-0.05, 0) is 25.8 Å². The maximum Gasteiger partial charge on any atom is 0.191 e. The minimum atomic E-state index is 0.692. The molecular weight excluding hydrogens is 274 g/mol. The standard InChI is InChI=1S/C17H25N5/c1-3-19-17(20-9-4-11-22-12-10-18-14-22)21-13-16-7-5-15(2)6-8-16/h5-8,10,12,14H,3-4,9,11,13H2,1-2H3,(H2,19,20,21). The zero-order valence-corrected chi connectivity index (χ0v) is 13.4. The second-order valence-corrected chi connectivity index (χ2v) is 5.26. The van der Waals surface area contributed by atoms with Crippen LogP contribution in [-0.4, -0.2) is 28.6 Å². The molecule has 0 spiro atoms. The van der Waals surface area contributed by atoms with Crippen LogP contribution in [0.3, 0.4) is 0 Å². The lowest BCUT2D eigenvalue weighted by Gasteiger charge is -2.11. The van der Waals surface area contributed by atoms with Crippen LogP contribution < -0.4 is 10.6 Å². The van der Waals surface area contributed by atoms with Gasteiger partial charge in [0.05, 0.1) is 12.9 Å². The Morgan fingerprint density at radius 2 is 2.05 bits per heavy atom. The monoisotopic (exact) mass is 299 g/mol. The molecule has 0 aliphatic rings. The molecule has 0 saturated heterocycles. The Kier molecular flexibility index (Phi) is 6.48. The van der Waals surface area contributed by atoms with E-state index in [1.165, 1.54) is 11.1 Å². The van der Waals surface area contributed by atoms with Gasteiger partial charge in [0.1, 0.15) is 0 Å². The van der Waals surface area contributed by atoms with Crippen molar-refractivity contribution >= 4 is 5.96 Å². The van der Waals surface area contributed by atoms with Gasteiger partial charge in [-0.3, -0.25) is 0 Å². The Hall–Kier alpha value is -2.30. The van der Waals surface area contributed by atoms with E-state index in [4.69, 9.17) is 0 Å². The van der Waals surface area contributed by atoms with Crippen molar-refractivity contribution < 1.29 is 0 Å². The van der Waals surface area contributed by atoms with Crippen LogP contribution in [0.1, 0.15) is 24.5 Å². The van der Waals surface area contributed by atoms with Gasteiger partial charge >= 0.3 is 0 Å². The molecule has 0 atom stereocenters. The smallest absolute Gasteiger partial charge is 0.191 e. The first kappa shape index (κ1) is 16.1. The van der Waals surface area contributed by atoms with Gasteiger partial charge in [0.25, 0.3) is 0 Å². The summed E-state index contributed by atoms with van der Waals surface area (Å²) in [7, 11) is 0. The van der Waals surface area contributed by atoms with Gasteiger partial charge in [0, 0.05) is 32.0 Å². The Morgan fingerprint density at radius 3 is 2.73 bits per heavy atom. The molecule has 2 rings (SSSR count). The van der Waals surface area contributed by atoms with Gasteiger partial charge in [0.15, 0.2) is 5.96 Å². The third kappa shape index (κ3) is 5.60. The van der Waals surface area contributed by atoms with Crippen molar-refractivity contribution in [1.82, 2.24) is 20.2 Å². The molecule has 5 heteroatoms. The SMILES string of the molecule is CCNC(=NCc1ccc(C)cc1)NCCCn1ccnc1. The van der Waals surface area contributed by atoms with Gasteiger partial charge < -0.3 is 15.2 Å². The summed E-state index contributed by atoms with van der Waals surface area (Å²) in [4.78, 5) is 8.66. The maximum absolute atomic E-state index is 4.62. The number of aryl methyl sites for hydroxylation is 2. The van der Waals surface area contributed by atoms with E-state index in [9.17, 15) is 0 Å². The van der Waals surface area contributed by atoms with Crippen LogP contribution in [0.15, 0.2) is 48.0 Å². The molecular formula is C17H25N5. The van der Waals surface area contributed by atoms with Crippen molar-refractivity contribution in [3.8, 4) is 0 Å². The summed E-state index contributed by atoms with van der Waals surface area (Å²) < 4.78 is 2.08. The van der Waals surface area contributed by atoms with Gasteiger partial charge in [-0.1, -0.05) is 29.8 Å². The molecule has 0 saturated carbocycles. The van der Waals surface area contributed by atoms with Crippen molar-refractivity contribution in [2.24, 2.45) is 4.99 Å². The maximum atomic E-state index is 4.62. The molecule has 2 N–H and O–H groups in total. The minimum Gasteiger partial charge on any atom is -0.357 e. The molecule has 0 aliphatic heterocycles. The van der Waals surface area contributed by atoms with Gasteiger partial charge in [-0.25, -0.2) is 9.98 Å². The number of hydrogen-bond donors (Lipinski definition) is 2. The summed E-state index contributed by atoms with van der Waals surface area (Å²) in [6.45, 7) is 7.58. The van der Waals surface area contributed by atoms with Crippen LogP contribution in [0.2, 0.25) is 0 Å². The summed E-state index contributed by atoms with van der Waals surface area (Å²) in [6, 6.07) is 8.50. The first-order valence-corrected chi connectivity index (χ1v) is 7.81. The van der Waals surface area contributed by atoms with E-state index in [1.807, 2.05) is 12.5 Å². The second kappa shape index (κ2) is 8.87. The molecule has 0 radical (unpaired) electrons. The molecule has 1 aromatic carbocycles. The lowest BCUT2D eigenvalue weighted by molar-refractivity contribution is 0.624. The number of benzene rings is 1. The predicted octanol–water partition coefficient (Wildman–Crippen LogP) is 2.34. The highest BCUT2D eigenvalue weighted by molar-refractivity contribution is 5.79. The summed E-state index contributed by atoms with van der Waals surface area (Å²) >= 11 is 0. The predicted molar refractivity (Wildman–Crippen MR) is 90.8 cm³/mol. The number of aromatic nitrogens is 2. The quantitative estimate of drug-likeness (QED) is 0.469. The zero-order chi connectivity index (χ0) is 15.6. The molecule has 0 amide bonds. The van der Waals surface area contributed by atoms with Crippen molar-refractivity contribution in [2.75, 3.05) is 13.1 Å². The molecule has 0 aliphatic carbocycles. The molecule has 1 aromatic heterocycles. The topological polar surface area (TPSA) is 54.2 Å². The second-order valence-electron chi connectivity index (χ2n) is 5.26. The van der Waals surface area contributed by atoms with Crippen molar-refractivity contribution in [3.63, 3.8) is 0 Å². The first-order valence-electron chi connectivity index (χ1n) is 7.81. The number of hydrogen-bond acceptors (Lipinski definition) is 2. The van der Waals surface area contributed by atoms with Gasteiger partial charge in [-0.2, -0.15) is 0 Å². The first-order chi connectivity index (χ1) is 10.8. The number of aliphatic imine (C=N–C) groups is 1. The molecule has 1 heterocycles. The fourth-order valence-electron chi connectivity index (χ4n) is 2.09. The number of rotatable bonds is 7. The van der Waals surface area contributed by atoms with Gasteiger partial charge in [0.2, 0.25) is 0 Å². The van der Waals surface area contributed by atoms with Crippen LogP contribution in [-0.2, 0) is 13.1 Å². The van der Waals surface area contributed by atoms with Crippen molar-refractivity contribution in [3.05, 3.63) is 54.1 Å². The van der Waals surface area contributed by atoms with Crippen LogP contribution in [0.5, 0.6) is 0 Å². The lowest BCUT2D eigenvalue weighted by Crippen LogP contribution is -2.38. The van der Waals surface area contributed by atoms with E-state index in [0.717, 1.165) is 32.0 Å². The highest BCUT2D eigenvalue weighted by atomic mass is 15.2. The van der Waals surface area contributed by atoms with E-state index in [2.05, 4.69) is 63.3 Å². The number of guanidine groups is 1. The molecule has 0 bridgehead atoms. The highest BCUT2D eigenvalue weighted by Crippen LogP contribution is 2.04. The lowest BCUT2D eigenvalue weighted by atomic mass is 10.1. The number of nitrogens with zero attached hydrogens (tertiary/aromatic N) is 3. The summed E-state index contributed by atoms with van der Waals surface area (Å²) in [5.41, 5.74) is 2.50. The number of nitrogens with one attached hydrogen (secondary N) is 2. The Bertz CT molecular complexity index is 557. The van der Waals surface area contributed by atoms with Crippen molar-refractivity contribution in [2.45, 2.75) is 33.4 Å². The Morgan fingerprint density at radius 1 is 1.23 bits per heavy atom. The average Bonchev–Trinajstić information content (AvgIpc) is 3.04. The van der Waals surface area contributed by atoms with Crippen LogP contribution in [0.25, 0.3) is 0 Å². The fourth-order valence-corrected chi connectivity index (χ4v) is 2.09. The number of imidazole rings is 1. The largest absolute Gasteiger partial charge is 0.357 e. The molecule has 2 aromatic rings. The minimum absolute atomic E-state index is 0.692. The normalized spacial score (nSPS) is 11.5. The van der Waals surface area contributed by atoms with Crippen LogP contribution in [0.4, 0.5) is 0 Å². The molecule has 22 heavy (non-hydrogen) atoms. The molecule has 118 valence electrons. The third-order valence-electron chi connectivity index (χ3n) is 3.33. The van der Waals surface area contributed by atoms with E-state index in [0.29, 0.717) is 6.54 Å². The zero-order valence-electron chi connectivity index (χ0n) is 13.4. The van der Waals surface area contributed by atoms with E-state index >= 15 is 0 Å². The van der Waals surface area contributed by atoms with E-state index in [-0.39, 0.29) is 0 Å². The van der Waals surface area contributed by atoms with Crippen molar-refractivity contribution in [1.29, 1.82) is 0 Å². The van der Waals surface area contributed by atoms with Gasteiger partial charge in [-0.15, -0.1) is 0 Å².